The number of carbonyl (C=O) groups excluding carboxylic acids is 3. The van der Waals surface area contributed by atoms with Crippen molar-refractivity contribution < 1.29 is 27.9 Å². The molecule has 2 amide bonds. The van der Waals surface area contributed by atoms with Gasteiger partial charge in [0, 0.05) is 12.2 Å². The maximum absolute atomic E-state index is 13.5. The molecule has 7 nitrogen and oxygen atoms in total. The van der Waals surface area contributed by atoms with E-state index >= 15 is 0 Å². The molecule has 0 spiro atoms. The van der Waals surface area contributed by atoms with E-state index in [1.165, 1.54) is 53.4 Å². The number of anilines is 2. The summed E-state index contributed by atoms with van der Waals surface area (Å²) in [6.07, 6.45) is 0.262. The second-order valence-corrected chi connectivity index (χ2v) is 8.93. The maximum atomic E-state index is 13.5. The van der Waals surface area contributed by atoms with Crippen LogP contribution in [0.5, 0.6) is 0 Å². The van der Waals surface area contributed by atoms with Gasteiger partial charge in [0.2, 0.25) is 5.91 Å². The fraction of sp³-hybridized carbons (Fsp3) is 0.214. The first-order valence-electron chi connectivity index (χ1n) is 12.0. The Morgan fingerprint density at radius 3 is 2.16 bits per heavy atom. The lowest BCUT2D eigenvalue weighted by Gasteiger charge is -2.24. The number of carbonyl (C=O) groups is 3. The number of nitrogens with zero attached hydrogens (tertiary/aromatic N) is 2. The Labute approximate surface area is 224 Å². The average molecular weight is 538 g/mol. The molecular formula is C28H25F2N3O4S. The van der Waals surface area contributed by atoms with Gasteiger partial charge in [0.15, 0.2) is 5.11 Å². The highest BCUT2D eigenvalue weighted by Gasteiger charge is 2.43. The molecule has 3 aromatic carbocycles. The fourth-order valence-corrected chi connectivity index (χ4v) is 4.52. The van der Waals surface area contributed by atoms with E-state index in [0.29, 0.717) is 29.9 Å². The van der Waals surface area contributed by atoms with Crippen LogP contribution in [-0.2, 0) is 20.7 Å². The Hall–Kier alpha value is -4.18. The highest BCUT2D eigenvalue weighted by molar-refractivity contribution is 7.80. The third-order valence-corrected chi connectivity index (χ3v) is 6.43. The van der Waals surface area contributed by atoms with E-state index in [1.54, 1.807) is 36.1 Å². The van der Waals surface area contributed by atoms with Gasteiger partial charge in [0.1, 0.15) is 17.7 Å². The van der Waals surface area contributed by atoms with Crippen LogP contribution in [0.25, 0.3) is 0 Å². The van der Waals surface area contributed by atoms with E-state index in [2.05, 4.69) is 5.32 Å². The van der Waals surface area contributed by atoms with Crippen molar-refractivity contribution in [2.24, 2.45) is 0 Å². The molecule has 3 aromatic rings. The highest BCUT2D eigenvalue weighted by atomic mass is 32.1. The van der Waals surface area contributed by atoms with Gasteiger partial charge < -0.3 is 15.0 Å². The molecule has 0 radical (unpaired) electrons. The van der Waals surface area contributed by atoms with Crippen molar-refractivity contribution in [3.8, 4) is 0 Å². The summed E-state index contributed by atoms with van der Waals surface area (Å²) in [6, 6.07) is 16.7. The number of thiocarbonyl (C=S) groups is 1. The van der Waals surface area contributed by atoms with Crippen molar-refractivity contribution in [1.82, 2.24) is 4.90 Å². The zero-order valence-corrected chi connectivity index (χ0v) is 21.3. The van der Waals surface area contributed by atoms with Crippen molar-refractivity contribution in [3.05, 3.63) is 95.6 Å². The molecule has 0 saturated carbocycles. The van der Waals surface area contributed by atoms with E-state index in [0.717, 1.165) is 5.56 Å². The van der Waals surface area contributed by atoms with Crippen LogP contribution in [0.3, 0.4) is 0 Å². The Morgan fingerprint density at radius 2 is 1.55 bits per heavy atom. The van der Waals surface area contributed by atoms with Crippen LogP contribution in [0.4, 0.5) is 20.2 Å². The first-order valence-corrected chi connectivity index (χ1v) is 12.4. The minimum atomic E-state index is -0.896. The van der Waals surface area contributed by atoms with Gasteiger partial charge >= 0.3 is 5.97 Å². The molecule has 10 heteroatoms. The lowest BCUT2D eigenvalue weighted by Crippen LogP contribution is -2.39. The molecule has 1 atom stereocenters. The molecule has 196 valence electrons. The molecule has 1 fully saturated rings. The summed E-state index contributed by atoms with van der Waals surface area (Å²) >= 11 is 5.61. The molecular weight excluding hydrogens is 512 g/mol. The summed E-state index contributed by atoms with van der Waals surface area (Å²) < 4.78 is 31.8. The third-order valence-electron chi connectivity index (χ3n) is 6.02. The molecule has 1 aliphatic heterocycles. The Balaban J connectivity index is 1.51. The lowest BCUT2D eigenvalue weighted by atomic mass is 10.1. The summed E-state index contributed by atoms with van der Waals surface area (Å²) in [6.45, 7) is 2.27. The van der Waals surface area contributed by atoms with Gasteiger partial charge in [-0.15, -0.1) is 0 Å². The number of hydrogen-bond acceptors (Lipinski definition) is 5. The normalized spacial score (nSPS) is 15.1. The van der Waals surface area contributed by atoms with Crippen LogP contribution in [0, 0.1) is 11.6 Å². The molecule has 4 rings (SSSR count). The minimum absolute atomic E-state index is 0.195. The zero-order valence-electron chi connectivity index (χ0n) is 20.5. The molecule has 38 heavy (non-hydrogen) atoms. The van der Waals surface area contributed by atoms with Gasteiger partial charge in [-0.1, -0.05) is 12.1 Å². The van der Waals surface area contributed by atoms with E-state index in [4.69, 9.17) is 17.0 Å². The molecule has 0 aliphatic carbocycles. The Morgan fingerprint density at radius 1 is 0.947 bits per heavy atom. The molecule has 0 bridgehead atoms. The molecule has 1 aliphatic rings. The number of ether oxygens (including phenoxy) is 1. The average Bonchev–Trinajstić information content (AvgIpc) is 3.13. The molecule has 0 unspecified atom stereocenters. The number of nitrogens with one attached hydrogen (secondary N) is 1. The number of amides is 2. The van der Waals surface area contributed by atoms with E-state index in [9.17, 15) is 23.2 Å². The number of rotatable bonds is 9. The summed E-state index contributed by atoms with van der Waals surface area (Å²) in [5, 5.41) is 2.94. The van der Waals surface area contributed by atoms with E-state index in [-0.39, 0.29) is 24.0 Å². The van der Waals surface area contributed by atoms with Crippen LogP contribution in [0.1, 0.15) is 29.3 Å². The van der Waals surface area contributed by atoms with Gasteiger partial charge in [-0.05, 0) is 91.8 Å². The van der Waals surface area contributed by atoms with Gasteiger partial charge in [-0.3, -0.25) is 14.5 Å². The van der Waals surface area contributed by atoms with E-state index < -0.39 is 29.6 Å². The monoisotopic (exact) mass is 537 g/mol. The number of hydrogen-bond donors (Lipinski definition) is 1. The lowest BCUT2D eigenvalue weighted by molar-refractivity contribution is -0.124. The second kappa shape index (κ2) is 11.9. The SMILES string of the molecule is CCOC(=O)c1ccc(NC(=O)C[C@@H]2C(=O)N(c3ccc(F)cc3)C(=S)N2CCc2ccc(F)cc2)cc1. The number of esters is 1. The van der Waals surface area contributed by atoms with Gasteiger partial charge in [-0.25, -0.2) is 13.6 Å². The van der Waals surface area contributed by atoms with Gasteiger partial charge in [0.25, 0.3) is 5.91 Å². The van der Waals surface area contributed by atoms with Crippen molar-refractivity contribution in [2.45, 2.75) is 25.8 Å². The molecule has 1 heterocycles. The summed E-state index contributed by atoms with van der Waals surface area (Å²) in [5.74, 6) is -2.11. The molecule has 1 saturated heterocycles. The van der Waals surface area contributed by atoms with Crippen LogP contribution in [0.2, 0.25) is 0 Å². The maximum Gasteiger partial charge on any atom is 0.338 e. The number of benzene rings is 3. The zero-order chi connectivity index (χ0) is 27.2. The van der Waals surface area contributed by atoms with Crippen molar-refractivity contribution >= 4 is 46.5 Å². The largest absolute Gasteiger partial charge is 0.462 e. The standard InChI is InChI=1S/C28H25F2N3O4S/c1-2-37-27(36)19-5-11-22(12-6-19)31-25(34)17-24-26(35)33(23-13-9-21(30)10-14-23)28(38)32(24)16-15-18-3-7-20(29)8-4-18/h3-14,24H,2,15-17H2,1H3,(H,31,34)/t24-/m1/s1. The second-order valence-electron chi connectivity index (χ2n) is 8.57. The Kier molecular flexibility index (Phi) is 8.42. The Bertz CT molecular complexity index is 1330. The summed E-state index contributed by atoms with van der Waals surface area (Å²) in [7, 11) is 0. The van der Waals surface area contributed by atoms with Crippen LogP contribution >= 0.6 is 12.2 Å². The minimum Gasteiger partial charge on any atom is -0.462 e. The molecule has 0 aromatic heterocycles. The van der Waals surface area contributed by atoms with Crippen molar-refractivity contribution in [1.29, 1.82) is 0 Å². The topological polar surface area (TPSA) is 78.9 Å². The number of halogens is 2. The highest BCUT2D eigenvalue weighted by Crippen LogP contribution is 2.28. The van der Waals surface area contributed by atoms with E-state index in [1.807, 2.05) is 0 Å². The van der Waals surface area contributed by atoms with Crippen LogP contribution in [-0.4, -0.2) is 47.0 Å². The predicted molar refractivity (Wildman–Crippen MR) is 143 cm³/mol. The first-order chi connectivity index (χ1) is 18.3. The fourth-order valence-electron chi connectivity index (χ4n) is 4.11. The smallest absolute Gasteiger partial charge is 0.338 e. The van der Waals surface area contributed by atoms with Gasteiger partial charge in [-0.2, -0.15) is 0 Å². The predicted octanol–water partition coefficient (Wildman–Crippen LogP) is 4.72. The summed E-state index contributed by atoms with van der Waals surface area (Å²) in [5.41, 5.74) is 2.03. The van der Waals surface area contributed by atoms with Crippen molar-refractivity contribution in [2.75, 3.05) is 23.4 Å². The third kappa shape index (κ3) is 6.20. The van der Waals surface area contributed by atoms with Gasteiger partial charge in [0.05, 0.1) is 24.3 Å². The summed E-state index contributed by atoms with van der Waals surface area (Å²) in [4.78, 5) is 41.2. The quantitative estimate of drug-likeness (QED) is 0.315. The molecule has 1 N–H and O–H groups in total. The first kappa shape index (κ1) is 26.9. The van der Waals surface area contributed by atoms with Crippen LogP contribution in [0.15, 0.2) is 72.8 Å². The van der Waals surface area contributed by atoms with Crippen LogP contribution < -0.4 is 10.2 Å². The van der Waals surface area contributed by atoms with Crippen molar-refractivity contribution in [3.63, 3.8) is 0 Å².